The van der Waals surface area contributed by atoms with Crippen LogP contribution < -0.4 is 0 Å². The predicted molar refractivity (Wildman–Crippen MR) is 52.2 cm³/mol. The number of allylic oxidation sites excluding steroid dienone is 1. The van der Waals surface area contributed by atoms with E-state index in [0.29, 0.717) is 0 Å². The topological polar surface area (TPSA) is 17.1 Å². The van der Waals surface area contributed by atoms with E-state index in [1.54, 1.807) is 0 Å². The fourth-order valence-corrected chi connectivity index (χ4v) is 0.889. The molecule has 0 spiro atoms. The van der Waals surface area contributed by atoms with Gasteiger partial charge in [0.25, 0.3) is 0 Å². The van der Waals surface area contributed by atoms with E-state index in [-0.39, 0.29) is 5.92 Å². The van der Waals surface area contributed by atoms with Crippen LogP contribution in [0, 0.1) is 5.92 Å². The molecule has 1 atom stereocenters. The quantitative estimate of drug-likeness (QED) is 0.555. The van der Waals surface area contributed by atoms with Crippen LogP contribution in [0.15, 0.2) is 9.66 Å². The molecule has 0 aromatic rings. The number of rotatable bonds is 4. The fourth-order valence-electron chi connectivity index (χ4n) is 0.578. The highest BCUT2D eigenvalue weighted by molar-refractivity contribution is 14.1. The van der Waals surface area contributed by atoms with Crippen molar-refractivity contribution < 1.29 is 4.79 Å². The van der Waals surface area contributed by atoms with Crippen molar-refractivity contribution in [3.8, 4) is 0 Å². The Bertz CT molecular complexity index is 129. The Morgan fingerprint density at radius 1 is 1.70 bits per heavy atom. The van der Waals surface area contributed by atoms with Gasteiger partial charge in [0, 0.05) is 5.92 Å². The summed E-state index contributed by atoms with van der Waals surface area (Å²) in [6.07, 6.45) is 3.04. The largest absolute Gasteiger partial charge is 0.303 e. The van der Waals surface area contributed by atoms with Gasteiger partial charge in [-0.15, -0.1) is 0 Å². The second-order valence-electron chi connectivity index (χ2n) is 2.61. The van der Waals surface area contributed by atoms with Gasteiger partial charge < -0.3 is 4.79 Å². The highest BCUT2D eigenvalue weighted by atomic mass is 127. The molecule has 0 aliphatic carbocycles. The lowest BCUT2D eigenvalue weighted by atomic mass is 10.0. The van der Waals surface area contributed by atoms with Crippen molar-refractivity contribution in [3.63, 3.8) is 0 Å². The molecule has 1 unspecified atom stereocenters. The maximum atomic E-state index is 10.2. The first kappa shape index (κ1) is 10.1. The molecule has 0 N–H and O–H groups in total. The van der Waals surface area contributed by atoms with Crippen molar-refractivity contribution in [2.45, 2.75) is 26.7 Å². The van der Waals surface area contributed by atoms with E-state index in [4.69, 9.17) is 0 Å². The first-order chi connectivity index (χ1) is 4.70. The molecule has 0 saturated heterocycles. The van der Waals surface area contributed by atoms with Crippen LogP contribution in [-0.4, -0.2) is 6.29 Å². The highest BCUT2D eigenvalue weighted by Gasteiger charge is 1.98. The third-order valence-corrected chi connectivity index (χ3v) is 2.48. The van der Waals surface area contributed by atoms with Gasteiger partial charge in [-0.2, -0.15) is 0 Å². The molecule has 10 heavy (non-hydrogen) atoms. The summed E-state index contributed by atoms with van der Waals surface area (Å²) in [5, 5.41) is 0. The summed E-state index contributed by atoms with van der Waals surface area (Å²) in [6, 6.07) is 0. The van der Waals surface area contributed by atoms with Gasteiger partial charge in [0.2, 0.25) is 0 Å². The Kier molecular flexibility index (Phi) is 5.97. The van der Waals surface area contributed by atoms with Crippen LogP contribution >= 0.6 is 22.6 Å². The van der Waals surface area contributed by atoms with Gasteiger partial charge in [0.15, 0.2) is 0 Å². The first-order valence-electron chi connectivity index (χ1n) is 3.42. The monoisotopic (exact) mass is 252 g/mol. The molecule has 0 fully saturated rings. The van der Waals surface area contributed by atoms with E-state index in [2.05, 4.69) is 33.6 Å². The van der Waals surface area contributed by atoms with E-state index in [1.807, 2.05) is 6.92 Å². The van der Waals surface area contributed by atoms with Gasteiger partial charge >= 0.3 is 0 Å². The lowest BCUT2D eigenvalue weighted by Crippen LogP contribution is -1.94. The number of hydrogen-bond donors (Lipinski definition) is 0. The molecule has 0 aromatic carbocycles. The predicted octanol–water partition coefficient (Wildman–Crippen LogP) is 2.94. The van der Waals surface area contributed by atoms with Crippen LogP contribution in [0.4, 0.5) is 0 Å². The van der Waals surface area contributed by atoms with Crippen molar-refractivity contribution in [1.29, 1.82) is 0 Å². The number of hydrogen-bond acceptors (Lipinski definition) is 1. The molecule has 0 aliphatic heterocycles. The maximum absolute atomic E-state index is 10.2. The average molecular weight is 252 g/mol. The molecule has 1 nitrogen and oxygen atoms in total. The number of halogens is 1. The normalized spacial score (nSPS) is 14.9. The van der Waals surface area contributed by atoms with Crippen molar-refractivity contribution in [2.24, 2.45) is 5.92 Å². The number of carbonyl (C=O) groups excluding carboxylic acids is 1. The van der Waals surface area contributed by atoms with Crippen molar-refractivity contribution in [2.75, 3.05) is 0 Å². The van der Waals surface area contributed by atoms with Gasteiger partial charge in [-0.05, 0) is 23.8 Å². The molecule has 0 radical (unpaired) electrons. The van der Waals surface area contributed by atoms with Gasteiger partial charge in [0.05, 0.1) is 0 Å². The standard InChI is InChI=1S/C8H13IO/c1-7(5-9)3-4-8(2)6-10/h5-6,8H,3-4H2,1-2H3/b7-5+. The zero-order valence-corrected chi connectivity index (χ0v) is 8.59. The van der Waals surface area contributed by atoms with Crippen LogP contribution in [0.2, 0.25) is 0 Å². The summed E-state index contributed by atoms with van der Waals surface area (Å²) >= 11 is 2.22. The van der Waals surface area contributed by atoms with E-state index >= 15 is 0 Å². The molecule has 0 aliphatic rings. The first-order valence-corrected chi connectivity index (χ1v) is 4.66. The molecular weight excluding hydrogens is 239 g/mol. The minimum Gasteiger partial charge on any atom is -0.303 e. The third-order valence-electron chi connectivity index (χ3n) is 1.41. The summed E-state index contributed by atoms with van der Waals surface area (Å²) in [5.74, 6) is 0.214. The molecule has 0 bridgehead atoms. The minimum absolute atomic E-state index is 0.214. The van der Waals surface area contributed by atoms with Crippen molar-refractivity contribution in [3.05, 3.63) is 9.66 Å². The Morgan fingerprint density at radius 2 is 2.30 bits per heavy atom. The third kappa shape index (κ3) is 4.97. The summed E-state index contributed by atoms with van der Waals surface area (Å²) in [7, 11) is 0. The van der Waals surface area contributed by atoms with Crippen LogP contribution in [-0.2, 0) is 4.79 Å². The van der Waals surface area contributed by atoms with Crippen molar-refractivity contribution in [1.82, 2.24) is 0 Å². The second kappa shape index (κ2) is 5.89. The Morgan fingerprint density at radius 3 is 2.70 bits per heavy atom. The smallest absolute Gasteiger partial charge is 0.122 e. The highest BCUT2D eigenvalue weighted by Crippen LogP contribution is 2.10. The Balaban J connectivity index is 3.44. The van der Waals surface area contributed by atoms with Crippen LogP contribution in [0.5, 0.6) is 0 Å². The molecule has 2 heteroatoms. The second-order valence-corrected chi connectivity index (χ2v) is 3.23. The lowest BCUT2D eigenvalue weighted by molar-refractivity contribution is -0.110. The van der Waals surface area contributed by atoms with Gasteiger partial charge in [-0.1, -0.05) is 35.1 Å². The minimum atomic E-state index is 0.214. The van der Waals surface area contributed by atoms with Crippen molar-refractivity contribution >= 4 is 28.9 Å². The summed E-state index contributed by atoms with van der Waals surface area (Å²) in [6.45, 7) is 4.04. The van der Waals surface area contributed by atoms with Gasteiger partial charge in [0.1, 0.15) is 6.29 Å². The molecule has 0 aromatic heterocycles. The van der Waals surface area contributed by atoms with Gasteiger partial charge in [-0.3, -0.25) is 0 Å². The molecular formula is C8H13IO. The number of carbonyl (C=O) groups is 1. The summed E-state index contributed by atoms with van der Waals surface area (Å²) in [5.41, 5.74) is 1.36. The molecule has 58 valence electrons. The SMILES string of the molecule is C/C(=C\I)CCC(C)C=O. The lowest BCUT2D eigenvalue weighted by Gasteiger charge is -2.01. The Labute approximate surface area is 76.0 Å². The van der Waals surface area contributed by atoms with E-state index in [0.717, 1.165) is 19.1 Å². The molecule has 0 heterocycles. The van der Waals surface area contributed by atoms with Crippen LogP contribution in [0.25, 0.3) is 0 Å². The molecule has 0 saturated carbocycles. The van der Waals surface area contributed by atoms with E-state index < -0.39 is 0 Å². The van der Waals surface area contributed by atoms with E-state index in [9.17, 15) is 4.79 Å². The number of aldehydes is 1. The summed E-state index contributed by atoms with van der Waals surface area (Å²) < 4.78 is 2.06. The van der Waals surface area contributed by atoms with Crippen LogP contribution in [0.3, 0.4) is 0 Å². The van der Waals surface area contributed by atoms with E-state index in [1.165, 1.54) is 5.57 Å². The Hall–Kier alpha value is 0.140. The maximum Gasteiger partial charge on any atom is 0.122 e. The van der Waals surface area contributed by atoms with Crippen LogP contribution in [0.1, 0.15) is 26.7 Å². The summed E-state index contributed by atoms with van der Waals surface area (Å²) in [4.78, 5) is 10.2. The fraction of sp³-hybridized carbons (Fsp3) is 0.625. The van der Waals surface area contributed by atoms with Gasteiger partial charge in [-0.25, -0.2) is 0 Å². The zero-order chi connectivity index (χ0) is 7.98. The molecule has 0 rings (SSSR count). The average Bonchev–Trinajstić information content (AvgIpc) is 1.99. The zero-order valence-electron chi connectivity index (χ0n) is 6.43. The molecule has 0 amide bonds.